The van der Waals surface area contributed by atoms with E-state index in [4.69, 9.17) is 9.47 Å². The first-order chi connectivity index (χ1) is 13.5. The second kappa shape index (κ2) is 8.61. The molecule has 0 atom stereocenters. The minimum absolute atomic E-state index is 0.235. The van der Waals surface area contributed by atoms with E-state index < -0.39 is 6.03 Å². The van der Waals surface area contributed by atoms with Gasteiger partial charge in [-0.1, -0.05) is 12.1 Å². The summed E-state index contributed by atoms with van der Waals surface area (Å²) in [5, 5.41) is 11.7. The highest BCUT2D eigenvalue weighted by Gasteiger charge is 2.14. The molecule has 148 valence electrons. The minimum Gasteiger partial charge on any atom is -0.493 e. The molecule has 0 aliphatic rings. The van der Waals surface area contributed by atoms with Gasteiger partial charge in [0.25, 0.3) is 0 Å². The third-order valence-electron chi connectivity index (χ3n) is 4.04. The summed E-state index contributed by atoms with van der Waals surface area (Å²) in [7, 11) is 4.70. The quantitative estimate of drug-likeness (QED) is 0.630. The van der Waals surface area contributed by atoms with E-state index in [1.807, 2.05) is 17.5 Å². The van der Waals surface area contributed by atoms with Crippen LogP contribution in [0.25, 0.3) is 10.7 Å². The lowest BCUT2D eigenvalue weighted by Gasteiger charge is -2.13. The third kappa shape index (κ3) is 4.01. The van der Waals surface area contributed by atoms with Gasteiger partial charge in [-0.3, -0.25) is 4.57 Å². The van der Waals surface area contributed by atoms with Crippen molar-refractivity contribution >= 4 is 23.1 Å². The molecule has 0 fully saturated rings. The second-order valence-corrected chi connectivity index (χ2v) is 6.74. The molecule has 28 heavy (non-hydrogen) atoms. The maximum Gasteiger partial charge on any atom is 0.346 e. The van der Waals surface area contributed by atoms with Gasteiger partial charge in [-0.15, -0.1) is 16.4 Å². The summed E-state index contributed by atoms with van der Waals surface area (Å²) < 4.78 is 13.3. The number of amides is 2. The standard InChI is InChI=1S/C18H21N5O4S/c1-22-16(14-8-5-11-28-14)21-23(18(22)25)10-9-19-17(24)20-12-6-4-7-13(26-2)15(12)27-3/h4-8,11H,9-10H2,1-3H3,(H2,19,20,24). The zero-order valence-electron chi connectivity index (χ0n) is 15.8. The first-order valence-corrected chi connectivity index (χ1v) is 9.36. The van der Waals surface area contributed by atoms with E-state index >= 15 is 0 Å². The number of hydrogen-bond acceptors (Lipinski definition) is 6. The topological polar surface area (TPSA) is 99.4 Å². The Kier molecular flexibility index (Phi) is 5.99. The van der Waals surface area contributed by atoms with Crippen molar-refractivity contribution in [3.8, 4) is 22.2 Å². The molecule has 0 aliphatic carbocycles. The number of carbonyl (C=O) groups excluding carboxylic acids is 1. The van der Waals surface area contributed by atoms with E-state index in [-0.39, 0.29) is 18.8 Å². The van der Waals surface area contributed by atoms with Gasteiger partial charge in [-0.05, 0) is 23.6 Å². The number of ether oxygens (including phenoxy) is 2. The fourth-order valence-electron chi connectivity index (χ4n) is 2.68. The van der Waals surface area contributed by atoms with Crippen LogP contribution in [0.2, 0.25) is 0 Å². The van der Waals surface area contributed by atoms with E-state index in [1.165, 1.54) is 34.8 Å². The molecule has 1 aromatic carbocycles. The molecule has 0 aliphatic heterocycles. The first kappa shape index (κ1) is 19.5. The summed E-state index contributed by atoms with van der Waals surface area (Å²) in [4.78, 5) is 25.4. The molecular formula is C18H21N5O4S. The molecule has 2 N–H and O–H groups in total. The SMILES string of the molecule is COc1cccc(NC(=O)NCCn2nc(-c3cccs3)n(C)c2=O)c1OC. The second-order valence-electron chi connectivity index (χ2n) is 5.79. The summed E-state index contributed by atoms with van der Waals surface area (Å²) in [6.45, 7) is 0.486. The summed E-state index contributed by atoms with van der Waals surface area (Å²) in [5.74, 6) is 1.55. The van der Waals surface area contributed by atoms with Gasteiger partial charge in [0.2, 0.25) is 0 Å². The van der Waals surface area contributed by atoms with E-state index in [2.05, 4.69) is 15.7 Å². The Hall–Kier alpha value is -3.27. The Morgan fingerprint density at radius 1 is 1.21 bits per heavy atom. The highest BCUT2D eigenvalue weighted by molar-refractivity contribution is 7.13. The number of aromatic nitrogens is 3. The van der Waals surface area contributed by atoms with Gasteiger partial charge < -0.3 is 20.1 Å². The summed E-state index contributed by atoms with van der Waals surface area (Å²) in [5.41, 5.74) is 0.245. The number of thiophene rings is 1. The van der Waals surface area contributed by atoms with Gasteiger partial charge in [0.1, 0.15) is 0 Å². The van der Waals surface area contributed by atoms with Crippen LogP contribution in [0.5, 0.6) is 11.5 Å². The first-order valence-electron chi connectivity index (χ1n) is 8.48. The van der Waals surface area contributed by atoms with E-state index in [0.29, 0.717) is 23.0 Å². The normalized spacial score (nSPS) is 10.5. The van der Waals surface area contributed by atoms with Gasteiger partial charge in [0.05, 0.1) is 31.3 Å². The summed E-state index contributed by atoms with van der Waals surface area (Å²) >= 11 is 1.51. The molecule has 0 radical (unpaired) electrons. The molecule has 0 spiro atoms. The molecule has 3 rings (SSSR count). The smallest absolute Gasteiger partial charge is 0.346 e. The van der Waals surface area contributed by atoms with Gasteiger partial charge in [0.15, 0.2) is 17.3 Å². The third-order valence-corrected chi connectivity index (χ3v) is 4.91. The van der Waals surface area contributed by atoms with Gasteiger partial charge >= 0.3 is 11.7 Å². The van der Waals surface area contributed by atoms with Gasteiger partial charge in [-0.2, -0.15) is 0 Å². The average molecular weight is 403 g/mol. The number of nitrogens with zero attached hydrogens (tertiary/aromatic N) is 3. The molecular weight excluding hydrogens is 382 g/mol. The van der Waals surface area contributed by atoms with Crippen LogP contribution >= 0.6 is 11.3 Å². The number of hydrogen-bond donors (Lipinski definition) is 2. The van der Waals surface area contributed by atoms with Crippen molar-refractivity contribution < 1.29 is 14.3 Å². The number of methoxy groups -OCH3 is 2. The van der Waals surface area contributed by atoms with Crippen molar-refractivity contribution in [2.45, 2.75) is 6.54 Å². The van der Waals surface area contributed by atoms with Crippen LogP contribution in [-0.2, 0) is 13.6 Å². The largest absolute Gasteiger partial charge is 0.493 e. The van der Waals surface area contributed by atoms with E-state index in [0.717, 1.165) is 4.88 Å². The average Bonchev–Trinajstić information content (AvgIpc) is 3.32. The summed E-state index contributed by atoms with van der Waals surface area (Å²) in [6, 6.07) is 8.58. The highest BCUT2D eigenvalue weighted by atomic mass is 32.1. The number of para-hydroxylation sites is 1. The lowest BCUT2D eigenvalue weighted by Crippen LogP contribution is -2.34. The monoisotopic (exact) mass is 403 g/mol. The lowest BCUT2D eigenvalue weighted by atomic mass is 10.2. The number of nitrogens with one attached hydrogen (secondary N) is 2. The number of urea groups is 1. The molecule has 9 nitrogen and oxygen atoms in total. The molecule has 10 heteroatoms. The predicted molar refractivity (Wildman–Crippen MR) is 107 cm³/mol. The Labute approximate surface area is 165 Å². The number of anilines is 1. The van der Waals surface area contributed by atoms with Crippen LogP contribution < -0.4 is 25.8 Å². The fraction of sp³-hybridized carbons (Fsp3) is 0.278. The number of rotatable bonds is 7. The molecule has 0 bridgehead atoms. The maximum atomic E-state index is 12.3. The molecule has 2 amide bonds. The van der Waals surface area contributed by atoms with Crippen molar-refractivity contribution in [3.63, 3.8) is 0 Å². The number of carbonyl (C=O) groups is 1. The fourth-order valence-corrected chi connectivity index (χ4v) is 3.43. The van der Waals surface area contributed by atoms with Crippen molar-refractivity contribution in [1.29, 1.82) is 0 Å². The Balaban J connectivity index is 1.61. The van der Waals surface area contributed by atoms with Crippen molar-refractivity contribution in [1.82, 2.24) is 19.7 Å². The van der Waals surface area contributed by atoms with Crippen molar-refractivity contribution in [3.05, 3.63) is 46.2 Å². The van der Waals surface area contributed by atoms with Crippen molar-refractivity contribution in [2.24, 2.45) is 7.05 Å². The maximum absolute atomic E-state index is 12.3. The summed E-state index contributed by atoms with van der Waals surface area (Å²) in [6.07, 6.45) is 0. The minimum atomic E-state index is -0.422. The Morgan fingerprint density at radius 3 is 2.71 bits per heavy atom. The molecule has 0 unspecified atom stereocenters. The van der Waals surface area contributed by atoms with Crippen molar-refractivity contribution in [2.75, 3.05) is 26.1 Å². The van der Waals surface area contributed by atoms with E-state index in [9.17, 15) is 9.59 Å². The van der Waals surface area contributed by atoms with E-state index in [1.54, 1.807) is 25.2 Å². The molecule has 3 aromatic rings. The molecule has 0 saturated heterocycles. The lowest BCUT2D eigenvalue weighted by molar-refractivity contribution is 0.251. The van der Waals surface area contributed by atoms with Crippen LogP contribution in [0.1, 0.15) is 0 Å². The van der Waals surface area contributed by atoms with Gasteiger partial charge in [0, 0.05) is 13.6 Å². The zero-order chi connectivity index (χ0) is 20.1. The molecule has 2 heterocycles. The Bertz CT molecular complexity index is 1010. The zero-order valence-corrected chi connectivity index (χ0v) is 16.6. The van der Waals surface area contributed by atoms with Gasteiger partial charge in [-0.25, -0.2) is 14.3 Å². The van der Waals surface area contributed by atoms with Crippen LogP contribution in [0.15, 0.2) is 40.5 Å². The predicted octanol–water partition coefficient (Wildman–Crippen LogP) is 2.15. The van der Waals surface area contributed by atoms with Crippen LogP contribution in [0, 0.1) is 0 Å². The molecule has 2 aromatic heterocycles. The van der Waals surface area contributed by atoms with Crippen LogP contribution in [0.4, 0.5) is 10.5 Å². The highest BCUT2D eigenvalue weighted by Crippen LogP contribution is 2.34. The van der Waals surface area contributed by atoms with Crippen LogP contribution in [0.3, 0.4) is 0 Å². The molecule has 0 saturated carbocycles. The van der Waals surface area contributed by atoms with Crippen LogP contribution in [-0.4, -0.2) is 41.1 Å². The Morgan fingerprint density at radius 2 is 2.04 bits per heavy atom. The number of benzene rings is 1.